The smallest absolute Gasteiger partial charge is 0.329 e. The first kappa shape index (κ1) is 63.4. The van der Waals surface area contributed by atoms with Gasteiger partial charge in [0, 0.05) is 59.0 Å². The van der Waals surface area contributed by atoms with Gasteiger partial charge in [0.1, 0.15) is 24.2 Å². The van der Waals surface area contributed by atoms with Gasteiger partial charge in [-0.1, -0.05) is 116 Å². The average molecular weight is 1110 g/mol. The first-order valence-electron chi connectivity index (χ1n) is 27.7. The van der Waals surface area contributed by atoms with Crippen molar-refractivity contribution in [3.63, 3.8) is 0 Å². The van der Waals surface area contributed by atoms with E-state index in [1.54, 1.807) is 59.5 Å². The van der Waals surface area contributed by atoms with Gasteiger partial charge in [0.05, 0.1) is 18.4 Å². The molecular formula is C61H83N7O12. The minimum absolute atomic E-state index is 0.0814. The summed E-state index contributed by atoms with van der Waals surface area (Å²) in [6.45, 7) is 18.0. The maximum atomic E-state index is 15.0. The molecule has 19 heteroatoms. The van der Waals surface area contributed by atoms with E-state index in [1.165, 1.54) is 42.0 Å². The molecule has 0 radical (unpaired) electrons. The molecule has 1 fully saturated rings. The number of hydrogen-bond acceptors (Lipinski definition) is 14. The lowest BCUT2D eigenvalue weighted by Gasteiger charge is -2.35. The highest BCUT2D eigenvalue weighted by Gasteiger charge is 2.43. The number of nitrogens with zero attached hydrogens (tertiary/aromatic N) is 7. The summed E-state index contributed by atoms with van der Waals surface area (Å²) in [7, 11) is 5.57. The molecule has 0 N–H and O–H groups in total. The summed E-state index contributed by atoms with van der Waals surface area (Å²) in [5.41, 5.74) is 3.76. The van der Waals surface area contributed by atoms with E-state index < -0.39 is 96.1 Å². The largest absolute Gasteiger partial charge is 0.451 e. The summed E-state index contributed by atoms with van der Waals surface area (Å²) in [5, 5.41) is 4.51. The maximum Gasteiger partial charge on any atom is 0.329 e. The summed E-state index contributed by atoms with van der Waals surface area (Å²) in [6, 6.07) is 16.7. The van der Waals surface area contributed by atoms with Crippen LogP contribution in [-0.4, -0.2) is 159 Å². The van der Waals surface area contributed by atoms with E-state index in [9.17, 15) is 33.6 Å². The second kappa shape index (κ2) is 29.1. The number of pyridine rings is 1. The molecule has 434 valence electrons. The van der Waals surface area contributed by atoms with Crippen molar-refractivity contribution in [1.29, 1.82) is 0 Å². The number of rotatable bonds is 15. The van der Waals surface area contributed by atoms with E-state index in [2.05, 4.69) is 10.1 Å². The van der Waals surface area contributed by atoms with Crippen molar-refractivity contribution in [2.45, 2.75) is 163 Å². The van der Waals surface area contributed by atoms with E-state index in [0.29, 0.717) is 17.7 Å². The molecule has 0 unspecified atom stereocenters. The second-order valence-corrected chi connectivity index (χ2v) is 22.7. The summed E-state index contributed by atoms with van der Waals surface area (Å²) in [4.78, 5) is 126. The quantitative estimate of drug-likeness (QED) is 0.0868. The van der Waals surface area contributed by atoms with Gasteiger partial charge in [-0.05, 0) is 92.0 Å². The van der Waals surface area contributed by atoms with E-state index in [4.69, 9.17) is 18.9 Å². The molecule has 3 heterocycles. The Hall–Kier alpha value is -7.44. The Labute approximate surface area is 471 Å². The van der Waals surface area contributed by atoms with E-state index in [-0.39, 0.29) is 62.2 Å². The van der Waals surface area contributed by atoms with Crippen LogP contribution >= 0.6 is 0 Å². The molecule has 0 saturated carbocycles. The Kier molecular flexibility index (Phi) is 23.1. The van der Waals surface area contributed by atoms with Crippen LogP contribution in [0.15, 0.2) is 91.4 Å². The van der Waals surface area contributed by atoms with E-state index in [0.717, 1.165) is 36.4 Å². The molecule has 2 aromatic carbocycles. The summed E-state index contributed by atoms with van der Waals surface area (Å²) >= 11 is 0. The molecule has 8 atom stereocenters. The van der Waals surface area contributed by atoms with Gasteiger partial charge in [0.2, 0.25) is 0 Å². The van der Waals surface area contributed by atoms with Gasteiger partial charge < -0.3 is 38.5 Å². The van der Waals surface area contributed by atoms with Crippen molar-refractivity contribution in [3.05, 3.63) is 108 Å². The molecule has 1 aliphatic rings. The van der Waals surface area contributed by atoms with Gasteiger partial charge in [0.25, 0.3) is 23.6 Å². The summed E-state index contributed by atoms with van der Waals surface area (Å²) in [6.07, 6.45) is -0.534. The Bertz CT molecular complexity index is 2710. The third kappa shape index (κ3) is 17.5. The topological polar surface area (TPSA) is 217 Å². The minimum Gasteiger partial charge on any atom is -0.451 e. The van der Waals surface area contributed by atoms with Crippen molar-refractivity contribution in [1.82, 2.24) is 34.4 Å². The van der Waals surface area contributed by atoms with Crippen LogP contribution in [0.2, 0.25) is 0 Å². The number of hydrogen-bond donors (Lipinski definition) is 0. The number of likely N-dealkylation sites (N-methyl/N-ethyl adjacent to an activating group) is 4. The van der Waals surface area contributed by atoms with Gasteiger partial charge in [-0.25, -0.2) is 19.2 Å². The monoisotopic (exact) mass is 1110 g/mol. The summed E-state index contributed by atoms with van der Waals surface area (Å²) in [5.74, 6) is -7.37. The van der Waals surface area contributed by atoms with Crippen LogP contribution in [-0.2, 0) is 76.7 Å². The van der Waals surface area contributed by atoms with E-state index in [1.807, 2.05) is 91.9 Å². The molecular weight excluding hydrogens is 1020 g/mol. The molecule has 4 amide bonds. The first-order chi connectivity index (χ1) is 37.7. The average Bonchev–Trinajstić information content (AvgIpc) is 3.89. The molecule has 2 aromatic heterocycles. The maximum absolute atomic E-state index is 15.0. The lowest BCUT2D eigenvalue weighted by Crippen LogP contribution is -2.55. The lowest BCUT2D eigenvalue weighted by atomic mass is 9.99. The van der Waals surface area contributed by atoms with Crippen molar-refractivity contribution in [2.75, 3.05) is 28.2 Å². The first-order valence-corrected chi connectivity index (χ1v) is 27.7. The fourth-order valence-electron chi connectivity index (χ4n) is 9.61. The number of cyclic esters (lactones) is 4. The number of benzene rings is 2. The van der Waals surface area contributed by atoms with Crippen LogP contribution in [0.3, 0.4) is 0 Å². The van der Waals surface area contributed by atoms with Gasteiger partial charge in [0.15, 0.2) is 24.4 Å². The van der Waals surface area contributed by atoms with Crippen molar-refractivity contribution in [3.8, 4) is 11.3 Å². The van der Waals surface area contributed by atoms with Gasteiger partial charge >= 0.3 is 23.9 Å². The second-order valence-electron chi connectivity index (χ2n) is 22.7. The fraction of sp³-hybridized carbons (Fsp3) is 0.541. The molecule has 80 heavy (non-hydrogen) atoms. The SMILES string of the molecule is CC(C)C[C@H]1C(=O)O[C@H](Cc2ccc(Cn3cc(-c4ccccn4)cn3)cc2)C(=O)N(C)[C@@H](CC(C)C)C(=O)O[C@H](C)C(=O)N(C)[C@@H](CC(C)C)C(=O)O[C@H](Cc2ccccc2)C(=O)N(C)[C@@H](CC(C)C)C(=O)O[C@H](C)C(=O)N1C. The van der Waals surface area contributed by atoms with Gasteiger partial charge in [-0.2, -0.15) is 5.10 Å². The highest BCUT2D eigenvalue weighted by Crippen LogP contribution is 2.25. The zero-order valence-electron chi connectivity index (χ0n) is 49.1. The highest BCUT2D eigenvalue weighted by atomic mass is 16.6. The number of amides is 4. The zero-order chi connectivity index (χ0) is 59.1. The van der Waals surface area contributed by atoms with Gasteiger partial charge in [-0.3, -0.25) is 28.8 Å². The Morgan fingerprint density at radius 2 is 0.812 bits per heavy atom. The van der Waals surface area contributed by atoms with Crippen LogP contribution in [0.25, 0.3) is 11.3 Å². The normalized spacial score (nSPS) is 23.2. The molecule has 0 bridgehead atoms. The van der Waals surface area contributed by atoms with Crippen LogP contribution in [0, 0.1) is 23.7 Å². The third-order valence-corrected chi connectivity index (χ3v) is 14.1. The molecule has 4 aromatic rings. The number of aromatic nitrogens is 3. The summed E-state index contributed by atoms with van der Waals surface area (Å²) < 4.78 is 25.9. The molecule has 0 aliphatic carbocycles. The van der Waals surface area contributed by atoms with Crippen LogP contribution in [0.4, 0.5) is 0 Å². The van der Waals surface area contributed by atoms with Crippen LogP contribution in [0.1, 0.15) is 112 Å². The third-order valence-electron chi connectivity index (χ3n) is 14.1. The van der Waals surface area contributed by atoms with Crippen molar-refractivity contribution < 1.29 is 57.3 Å². The lowest BCUT2D eigenvalue weighted by molar-refractivity contribution is -0.176. The van der Waals surface area contributed by atoms with Crippen LogP contribution < -0.4 is 0 Å². The standard InChI is InChI=1S/C61H83N7O12/c1-37(2)28-48-58(73)77-42(10)55(70)65(12)51(31-40(7)8)61(76)80-53(33-44-23-25-45(26-24-44)35-68-36-46(34-63-68)47-22-18-19-27-62-47)57(72)67(14)49(29-38(3)4)59(74)78-41(9)54(69)64(11)50(30-39(5)6)60(75)79-52(56(71)66(48)13)32-43-20-16-15-17-21-43/h15-27,34,36-42,48-53H,28-33,35H2,1-14H3/t41-,42-,48+,49+,50+,51+,52-,53-/m1/s1. The fourth-order valence-corrected chi connectivity index (χ4v) is 9.61. The highest BCUT2D eigenvalue weighted by molar-refractivity contribution is 5.94. The van der Waals surface area contributed by atoms with E-state index >= 15 is 4.79 Å². The number of ether oxygens (including phenoxy) is 4. The Balaban J connectivity index is 1.57. The van der Waals surface area contributed by atoms with Crippen molar-refractivity contribution in [2.24, 2.45) is 23.7 Å². The Morgan fingerprint density at radius 1 is 0.450 bits per heavy atom. The predicted molar refractivity (Wildman–Crippen MR) is 300 cm³/mol. The molecule has 1 saturated heterocycles. The molecule has 1 aliphatic heterocycles. The molecule has 19 nitrogen and oxygen atoms in total. The zero-order valence-corrected chi connectivity index (χ0v) is 49.1. The minimum atomic E-state index is -1.55. The number of esters is 4. The molecule has 5 rings (SSSR count). The van der Waals surface area contributed by atoms with Gasteiger partial charge in [-0.15, -0.1) is 0 Å². The predicted octanol–water partition coefficient (Wildman–Crippen LogP) is 6.97. The number of carbonyl (C=O) groups is 8. The number of carbonyl (C=O) groups excluding carboxylic acids is 8. The molecule has 0 spiro atoms. The Morgan fingerprint density at radius 3 is 1.20 bits per heavy atom. The van der Waals surface area contributed by atoms with Crippen molar-refractivity contribution >= 4 is 47.5 Å². The van der Waals surface area contributed by atoms with Crippen LogP contribution in [0.5, 0.6) is 0 Å².